The molecule has 94 valence electrons. The van der Waals surface area contributed by atoms with Gasteiger partial charge >= 0.3 is 0 Å². The molecular formula is C13H18F2N2. The first-order valence-corrected chi connectivity index (χ1v) is 5.89. The van der Waals surface area contributed by atoms with Gasteiger partial charge in [-0.1, -0.05) is 13.8 Å². The minimum atomic E-state index is -0.903. The van der Waals surface area contributed by atoms with E-state index in [0.29, 0.717) is 5.56 Å². The normalized spacial score (nSPS) is 10.4. The van der Waals surface area contributed by atoms with Crippen molar-refractivity contribution in [1.29, 1.82) is 5.41 Å². The van der Waals surface area contributed by atoms with E-state index in [4.69, 9.17) is 5.41 Å². The summed E-state index contributed by atoms with van der Waals surface area (Å²) in [5.74, 6) is -1.52. The lowest BCUT2D eigenvalue weighted by Gasteiger charge is -2.24. The third-order valence-electron chi connectivity index (χ3n) is 2.50. The van der Waals surface area contributed by atoms with Crippen LogP contribution in [0.4, 0.5) is 8.78 Å². The molecule has 1 aromatic rings. The number of nitrogens with one attached hydrogen (secondary N) is 1. The molecule has 0 unspecified atom stereocenters. The van der Waals surface area contributed by atoms with Crippen molar-refractivity contribution in [2.75, 3.05) is 13.1 Å². The van der Waals surface area contributed by atoms with Gasteiger partial charge in [-0.3, -0.25) is 5.41 Å². The Hall–Kier alpha value is -1.45. The van der Waals surface area contributed by atoms with Crippen molar-refractivity contribution in [3.63, 3.8) is 0 Å². The molecule has 0 aromatic heterocycles. The first-order chi connectivity index (χ1) is 8.10. The average molecular weight is 240 g/mol. The second kappa shape index (κ2) is 6.33. The highest BCUT2D eigenvalue weighted by molar-refractivity contribution is 5.96. The smallest absolute Gasteiger partial charge is 0.159 e. The van der Waals surface area contributed by atoms with Gasteiger partial charge in [-0.2, -0.15) is 0 Å². The van der Waals surface area contributed by atoms with E-state index in [2.05, 4.69) is 0 Å². The van der Waals surface area contributed by atoms with Crippen molar-refractivity contribution < 1.29 is 8.78 Å². The van der Waals surface area contributed by atoms with Crippen molar-refractivity contribution in [2.24, 2.45) is 0 Å². The molecule has 0 saturated heterocycles. The van der Waals surface area contributed by atoms with Crippen LogP contribution in [0.3, 0.4) is 0 Å². The largest absolute Gasteiger partial charge is 0.357 e. The van der Waals surface area contributed by atoms with Gasteiger partial charge < -0.3 is 4.90 Å². The van der Waals surface area contributed by atoms with Crippen LogP contribution in [0.25, 0.3) is 0 Å². The maximum Gasteiger partial charge on any atom is 0.159 e. The molecule has 0 spiro atoms. The molecule has 0 aliphatic carbocycles. The Morgan fingerprint density at radius 1 is 1.12 bits per heavy atom. The summed E-state index contributed by atoms with van der Waals surface area (Å²) in [6, 6.07) is 3.59. The summed E-state index contributed by atoms with van der Waals surface area (Å²) < 4.78 is 25.9. The van der Waals surface area contributed by atoms with Crippen molar-refractivity contribution >= 4 is 5.84 Å². The van der Waals surface area contributed by atoms with Crippen LogP contribution in [0.5, 0.6) is 0 Å². The van der Waals surface area contributed by atoms with Crippen LogP contribution >= 0.6 is 0 Å². The minimum Gasteiger partial charge on any atom is -0.357 e. The number of hydrogen-bond donors (Lipinski definition) is 1. The van der Waals surface area contributed by atoms with Gasteiger partial charge in [0.2, 0.25) is 0 Å². The maximum atomic E-state index is 13.1. The van der Waals surface area contributed by atoms with Crippen molar-refractivity contribution in [1.82, 2.24) is 4.90 Å². The summed E-state index contributed by atoms with van der Waals surface area (Å²) in [6.07, 6.45) is 1.85. The molecule has 0 saturated carbocycles. The molecule has 2 nitrogen and oxygen atoms in total. The van der Waals surface area contributed by atoms with E-state index in [1.165, 1.54) is 6.07 Å². The van der Waals surface area contributed by atoms with Crippen LogP contribution in [0.2, 0.25) is 0 Å². The molecule has 4 heteroatoms. The number of nitrogens with zero attached hydrogens (tertiary/aromatic N) is 1. The van der Waals surface area contributed by atoms with Gasteiger partial charge in [-0.05, 0) is 31.0 Å². The van der Waals surface area contributed by atoms with Gasteiger partial charge in [0, 0.05) is 18.7 Å². The zero-order valence-corrected chi connectivity index (χ0v) is 10.3. The van der Waals surface area contributed by atoms with Crippen molar-refractivity contribution in [2.45, 2.75) is 26.7 Å². The highest BCUT2D eigenvalue weighted by Gasteiger charge is 2.12. The standard InChI is InChI=1S/C13H18F2N2/c1-3-7-17(8-4-2)13(16)10-5-6-11(14)12(15)9-10/h5-6,9,16H,3-4,7-8H2,1-2H3. The van der Waals surface area contributed by atoms with E-state index >= 15 is 0 Å². The van der Waals surface area contributed by atoms with E-state index in [0.717, 1.165) is 38.1 Å². The Labute approximate surface area is 101 Å². The first-order valence-electron chi connectivity index (χ1n) is 5.89. The number of benzene rings is 1. The third kappa shape index (κ3) is 3.51. The number of amidine groups is 1. The predicted molar refractivity (Wildman–Crippen MR) is 65.3 cm³/mol. The summed E-state index contributed by atoms with van der Waals surface area (Å²) >= 11 is 0. The number of rotatable bonds is 5. The lowest BCUT2D eigenvalue weighted by molar-refractivity contribution is 0.414. The highest BCUT2D eigenvalue weighted by Crippen LogP contribution is 2.11. The Morgan fingerprint density at radius 3 is 2.18 bits per heavy atom. The summed E-state index contributed by atoms with van der Waals surface area (Å²) in [6.45, 7) is 5.57. The Morgan fingerprint density at radius 2 is 1.71 bits per heavy atom. The van der Waals surface area contributed by atoms with Crippen LogP contribution in [-0.4, -0.2) is 23.8 Å². The van der Waals surface area contributed by atoms with Crippen LogP contribution in [0.1, 0.15) is 32.3 Å². The van der Waals surface area contributed by atoms with Gasteiger partial charge in [-0.25, -0.2) is 8.78 Å². The number of halogens is 2. The van der Waals surface area contributed by atoms with E-state index in [1.54, 1.807) is 0 Å². The molecule has 0 bridgehead atoms. The predicted octanol–water partition coefficient (Wildman–Crippen LogP) is 3.41. The van der Waals surface area contributed by atoms with Crippen LogP contribution in [0.15, 0.2) is 18.2 Å². The van der Waals surface area contributed by atoms with Crippen LogP contribution in [-0.2, 0) is 0 Å². The molecule has 0 heterocycles. The molecule has 1 rings (SSSR count). The first kappa shape index (κ1) is 13.6. The molecule has 0 atom stereocenters. The molecular weight excluding hydrogens is 222 g/mol. The molecule has 0 amide bonds. The molecule has 0 aliphatic heterocycles. The summed E-state index contributed by atoms with van der Waals surface area (Å²) in [7, 11) is 0. The quantitative estimate of drug-likeness (QED) is 0.619. The number of hydrogen-bond acceptors (Lipinski definition) is 1. The highest BCUT2D eigenvalue weighted by atomic mass is 19.2. The second-order valence-electron chi connectivity index (χ2n) is 3.96. The Kier molecular flexibility index (Phi) is 5.07. The second-order valence-corrected chi connectivity index (χ2v) is 3.96. The third-order valence-corrected chi connectivity index (χ3v) is 2.50. The Bertz CT molecular complexity index is 385. The van der Waals surface area contributed by atoms with E-state index in [9.17, 15) is 8.78 Å². The van der Waals surface area contributed by atoms with E-state index < -0.39 is 11.6 Å². The molecule has 0 radical (unpaired) electrons. The van der Waals surface area contributed by atoms with Gasteiger partial charge in [0.25, 0.3) is 0 Å². The van der Waals surface area contributed by atoms with E-state index in [1.807, 2.05) is 18.7 Å². The van der Waals surface area contributed by atoms with Crippen molar-refractivity contribution in [3.05, 3.63) is 35.4 Å². The zero-order chi connectivity index (χ0) is 12.8. The molecule has 1 N–H and O–H groups in total. The Balaban J connectivity index is 2.88. The summed E-state index contributed by atoms with van der Waals surface area (Å²) in [5.41, 5.74) is 0.422. The fourth-order valence-electron chi connectivity index (χ4n) is 1.70. The monoisotopic (exact) mass is 240 g/mol. The van der Waals surface area contributed by atoms with Gasteiger partial charge in [0.05, 0.1) is 0 Å². The minimum absolute atomic E-state index is 0.257. The average Bonchev–Trinajstić information content (AvgIpc) is 2.31. The van der Waals surface area contributed by atoms with Crippen LogP contribution in [0, 0.1) is 17.0 Å². The van der Waals surface area contributed by atoms with E-state index in [-0.39, 0.29) is 5.84 Å². The SMILES string of the molecule is CCCN(CCC)C(=N)c1ccc(F)c(F)c1. The lowest BCUT2D eigenvalue weighted by Crippen LogP contribution is -2.32. The molecule has 1 aromatic carbocycles. The lowest BCUT2D eigenvalue weighted by atomic mass is 10.1. The van der Waals surface area contributed by atoms with Crippen molar-refractivity contribution in [3.8, 4) is 0 Å². The van der Waals surface area contributed by atoms with Gasteiger partial charge in [0.15, 0.2) is 11.6 Å². The van der Waals surface area contributed by atoms with Gasteiger partial charge in [0.1, 0.15) is 5.84 Å². The fourth-order valence-corrected chi connectivity index (χ4v) is 1.70. The molecule has 0 aliphatic rings. The molecule has 17 heavy (non-hydrogen) atoms. The molecule has 0 fully saturated rings. The fraction of sp³-hybridized carbons (Fsp3) is 0.462. The zero-order valence-electron chi connectivity index (χ0n) is 10.3. The van der Waals surface area contributed by atoms with Gasteiger partial charge in [-0.15, -0.1) is 0 Å². The maximum absolute atomic E-state index is 13.1. The van der Waals surface area contributed by atoms with Crippen LogP contribution < -0.4 is 0 Å². The summed E-state index contributed by atoms with van der Waals surface area (Å²) in [4.78, 5) is 1.88. The topological polar surface area (TPSA) is 27.1 Å². The summed E-state index contributed by atoms with van der Waals surface area (Å²) in [5, 5.41) is 8.00.